The van der Waals surface area contributed by atoms with Crippen molar-refractivity contribution in [1.82, 2.24) is 10.3 Å². The molecule has 1 rings (SSSR count). The molecule has 0 saturated carbocycles. The molecule has 1 amide bonds. The van der Waals surface area contributed by atoms with Crippen LogP contribution in [0, 0.1) is 0 Å². The molecule has 0 unspecified atom stereocenters. The second-order valence-electron chi connectivity index (χ2n) is 2.29. The number of thiazole rings is 1. The standard InChI is InChI=1S/C7H11N3OS/c1-9-6(11)2-7-10-5(3-8)4-12-7/h4H,2-3,8H2,1H3,(H,9,11). The highest BCUT2D eigenvalue weighted by Crippen LogP contribution is 2.09. The average Bonchev–Trinajstić information content (AvgIpc) is 2.52. The van der Waals surface area contributed by atoms with Crippen molar-refractivity contribution in [3.63, 3.8) is 0 Å². The van der Waals surface area contributed by atoms with E-state index in [1.54, 1.807) is 7.05 Å². The Morgan fingerprint density at radius 3 is 3.08 bits per heavy atom. The molecule has 0 bridgehead atoms. The first-order valence-electron chi connectivity index (χ1n) is 3.60. The van der Waals surface area contributed by atoms with Crippen molar-refractivity contribution in [2.75, 3.05) is 7.05 Å². The zero-order valence-electron chi connectivity index (χ0n) is 6.83. The van der Waals surface area contributed by atoms with Gasteiger partial charge in [-0.3, -0.25) is 4.79 Å². The molecule has 3 N–H and O–H groups in total. The lowest BCUT2D eigenvalue weighted by molar-refractivity contribution is -0.119. The molecule has 1 aromatic rings. The van der Waals surface area contributed by atoms with E-state index < -0.39 is 0 Å². The van der Waals surface area contributed by atoms with Gasteiger partial charge in [-0.15, -0.1) is 11.3 Å². The maximum Gasteiger partial charge on any atom is 0.226 e. The van der Waals surface area contributed by atoms with Gasteiger partial charge in [0.15, 0.2) is 0 Å². The SMILES string of the molecule is CNC(=O)Cc1nc(CN)cs1. The van der Waals surface area contributed by atoms with E-state index in [0.717, 1.165) is 10.7 Å². The largest absolute Gasteiger partial charge is 0.359 e. The van der Waals surface area contributed by atoms with Gasteiger partial charge in [0.25, 0.3) is 0 Å². The highest BCUT2D eigenvalue weighted by Gasteiger charge is 2.04. The van der Waals surface area contributed by atoms with E-state index in [4.69, 9.17) is 5.73 Å². The summed E-state index contributed by atoms with van der Waals surface area (Å²) in [5.74, 6) is -0.0204. The molecule has 4 nitrogen and oxygen atoms in total. The Bertz CT molecular complexity index is 271. The molecule has 12 heavy (non-hydrogen) atoms. The summed E-state index contributed by atoms with van der Waals surface area (Å²) in [5, 5.41) is 5.23. The summed E-state index contributed by atoms with van der Waals surface area (Å²) in [6, 6.07) is 0. The number of rotatable bonds is 3. The summed E-state index contributed by atoms with van der Waals surface area (Å²) in [7, 11) is 1.61. The van der Waals surface area contributed by atoms with Crippen LogP contribution >= 0.6 is 11.3 Å². The molecule has 66 valence electrons. The minimum absolute atomic E-state index is 0.0204. The van der Waals surface area contributed by atoms with Crippen molar-refractivity contribution in [2.24, 2.45) is 5.73 Å². The van der Waals surface area contributed by atoms with Gasteiger partial charge in [0, 0.05) is 19.0 Å². The first-order chi connectivity index (χ1) is 5.76. The van der Waals surface area contributed by atoms with Crippen LogP contribution in [0.25, 0.3) is 0 Å². The molecule has 0 radical (unpaired) electrons. The van der Waals surface area contributed by atoms with E-state index in [-0.39, 0.29) is 5.91 Å². The van der Waals surface area contributed by atoms with Gasteiger partial charge in [0.2, 0.25) is 5.91 Å². The minimum Gasteiger partial charge on any atom is -0.359 e. The second-order valence-corrected chi connectivity index (χ2v) is 3.23. The van der Waals surface area contributed by atoms with Crippen molar-refractivity contribution in [3.8, 4) is 0 Å². The lowest BCUT2D eigenvalue weighted by atomic mass is 10.4. The quantitative estimate of drug-likeness (QED) is 0.690. The molecule has 0 aliphatic rings. The summed E-state index contributed by atoms with van der Waals surface area (Å²) in [6.07, 6.45) is 0.348. The summed E-state index contributed by atoms with van der Waals surface area (Å²) in [6.45, 7) is 0.435. The van der Waals surface area contributed by atoms with Crippen molar-refractivity contribution in [2.45, 2.75) is 13.0 Å². The van der Waals surface area contributed by atoms with Crippen molar-refractivity contribution < 1.29 is 4.79 Å². The number of hydrogen-bond donors (Lipinski definition) is 2. The number of carbonyl (C=O) groups is 1. The number of nitrogens with two attached hydrogens (primary N) is 1. The number of nitrogens with one attached hydrogen (secondary N) is 1. The highest BCUT2D eigenvalue weighted by atomic mass is 32.1. The topological polar surface area (TPSA) is 68.0 Å². The molecule has 0 saturated heterocycles. The number of nitrogens with zero attached hydrogens (tertiary/aromatic N) is 1. The fraction of sp³-hybridized carbons (Fsp3) is 0.429. The molecule has 0 aromatic carbocycles. The van der Waals surface area contributed by atoms with Crippen LogP contribution in [0.15, 0.2) is 5.38 Å². The molecular weight excluding hydrogens is 174 g/mol. The van der Waals surface area contributed by atoms with Gasteiger partial charge in [0.05, 0.1) is 12.1 Å². The zero-order valence-corrected chi connectivity index (χ0v) is 7.65. The summed E-state index contributed by atoms with van der Waals surface area (Å²) in [4.78, 5) is 15.1. The maximum absolute atomic E-state index is 10.9. The Morgan fingerprint density at radius 1 is 1.83 bits per heavy atom. The molecule has 0 fully saturated rings. The van der Waals surface area contributed by atoms with Crippen molar-refractivity contribution in [1.29, 1.82) is 0 Å². The molecule has 0 spiro atoms. The summed E-state index contributed by atoms with van der Waals surface area (Å²) >= 11 is 1.47. The molecule has 0 aliphatic carbocycles. The van der Waals surface area contributed by atoms with E-state index in [2.05, 4.69) is 10.3 Å². The number of likely N-dealkylation sites (N-methyl/N-ethyl adjacent to an activating group) is 1. The first-order valence-corrected chi connectivity index (χ1v) is 4.48. The van der Waals surface area contributed by atoms with E-state index in [9.17, 15) is 4.79 Å². The van der Waals surface area contributed by atoms with Crippen molar-refractivity contribution in [3.05, 3.63) is 16.1 Å². The zero-order chi connectivity index (χ0) is 8.97. The molecule has 5 heteroatoms. The Kier molecular flexibility index (Phi) is 3.19. The van der Waals surface area contributed by atoms with E-state index >= 15 is 0 Å². The van der Waals surface area contributed by atoms with E-state index in [1.807, 2.05) is 5.38 Å². The monoisotopic (exact) mass is 185 g/mol. The summed E-state index contributed by atoms with van der Waals surface area (Å²) < 4.78 is 0. The van der Waals surface area contributed by atoms with Crippen LogP contribution < -0.4 is 11.1 Å². The molecular formula is C7H11N3OS. The van der Waals surface area contributed by atoms with Crippen LogP contribution in [0.1, 0.15) is 10.7 Å². The Labute approximate surface area is 74.8 Å². The normalized spacial score (nSPS) is 9.83. The van der Waals surface area contributed by atoms with Gasteiger partial charge in [-0.25, -0.2) is 4.98 Å². The van der Waals surface area contributed by atoms with E-state index in [0.29, 0.717) is 13.0 Å². The van der Waals surface area contributed by atoms with Gasteiger partial charge in [-0.1, -0.05) is 0 Å². The Hall–Kier alpha value is -0.940. The third-order valence-electron chi connectivity index (χ3n) is 1.40. The number of aromatic nitrogens is 1. The van der Waals surface area contributed by atoms with Crippen LogP contribution in [0.3, 0.4) is 0 Å². The smallest absolute Gasteiger partial charge is 0.226 e. The molecule has 0 aliphatic heterocycles. The van der Waals surface area contributed by atoms with Gasteiger partial charge in [0.1, 0.15) is 5.01 Å². The van der Waals surface area contributed by atoms with Gasteiger partial charge in [-0.2, -0.15) is 0 Å². The van der Waals surface area contributed by atoms with Crippen LogP contribution in [0.5, 0.6) is 0 Å². The predicted molar refractivity (Wildman–Crippen MR) is 47.8 cm³/mol. The van der Waals surface area contributed by atoms with Gasteiger partial charge < -0.3 is 11.1 Å². The number of hydrogen-bond acceptors (Lipinski definition) is 4. The first kappa shape index (κ1) is 9.15. The molecule has 1 heterocycles. The maximum atomic E-state index is 10.9. The fourth-order valence-electron chi connectivity index (χ4n) is 0.750. The number of carbonyl (C=O) groups excluding carboxylic acids is 1. The summed E-state index contributed by atoms with van der Waals surface area (Å²) in [5.41, 5.74) is 6.22. The highest BCUT2D eigenvalue weighted by molar-refractivity contribution is 7.09. The van der Waals surface area contributed by atoms with Gasteiger partial charge >= 0.3 is 0 Å². The van der Waals surface area contributed by atoms with Gasteiger partial charge in [-0.05, 0) is 0 Å². The fourth-order valence-corrected chi connectivity index (χ4v) is 1.55. The predicted octanol–water partition coefficient (Wildman–Crippen LogP) is -0.110. The van der Waals surface area contributed by atoms with E-state index in [1.165, 1.54) is 11.3 Å². The third kappa shape index (κ3) is 2.28. The Morgan fingerprint density at radius 2 is 2.58 bits per heavy atom. The van der Waals surface area contributed by atoms with Crippen LogP contribution in [-0.2, 0) is 17.8 Å². The lowest BCUT2D eigenvalue weighted by Crippen LogP contribution is -2.19. The average molecular weight is 185 g/mol. The minimum atomic E-state index is -0.0204. The second kappa shape index (κ2) is 4.18. The molecule has 1 aromatic heterocycles. The van der Waals surface area contributed by atoms with Crippen LogP contribution in [-0.4, -0.2) is 17.9 Å². The lowest BCUT2D eigenvalue weighted by Gasteiger charge is -1.93. The molecule has 0 atom stereocenters. The van der Waals surface area contributed by atoms with Crippen molar-refractivity contribution >= 4 is 17.2 Å². The Balaban J connectivity index is 2.58. The number of amides is 1. The van der Waals surface area contributed by atoms with Crippen LogP contribution in [0.2, 0.25) is 0 Å². The third-order valence-corrected chi connectivity index (χ3v) is 2.30. The van der Waals surface area contributed by atoms with Crippen LogP contribution in [0.4, 0.5) is 0 Å².